The molecule has 110 valence electrons. The molecule has 6 nitrogen and oxygen atoms in total. The predicted octanol–water partition coefficient (Wildman–Crippen LogP) is 1.37. The lowest BCUT2D eigenvalue weighted by molar-refractivity contribution is -0.140. The molecule has 1 aromatic heterocycles. The Morgan fingerprint density at radius 1 is 1.24 bits per heavy atom. The minimum atomic E-state index is -1.11. The summed E-state index contributed by atoms with van der Waals surface area (Å²) in [6.07, 6.45) is 0. The number of rotatable bonds is 4. The molecule has 0 spiro atoms. The van der Waals surface area contributed by atoms with Crippen molar-refractivity contribution in [3.05, 3.63) is 46.2 Å². The van der Waals surface area contributed by atoms with Crippen molar-refractivity contribution >= 4 is 22.8 Å². The van der Waals surface area contributed by atoms with E-state index in [0.717, 1.165) is 0 Å². The fraction of sp³-hybridized carbons (Fsp3) is 0.267. The maximum atomic E-state index is 12.1. The molecule has 0 aliphatic carbocycles. The van der Waals surface area contributed by atoms with Gasteiger partial charge in [-0.05, 0) is 18.1 Å². The topological polar surface area (TPSA) is 99.3 Å². The molecule has 0 aliphatic rings. The largest absolute Gasteiger partial charge is 0.480 e. The molecule has 1 amide bonds. The average Bonchev–Trinajstić information content (AvgIpc) is 2.43. The summed E-state index contributed by atoms with van der Waals surface area (Å²) in [6, 6.07) is 6.99. The number of hydrogen-bond acceptors (Lipinski definition) is 3. The summed E-state index contributed by atoms with van der Waals surface area (Å²) in [4.78, 5) is 38.0. The van der Waals surface area contributed by atoms with E-state index < -0.39 is 17.9 Å². The summed E-state index contributed by atoms with van der Waals surface area (Å²) in [5.41, 5.74) is 0.295. The van der Waals surface area contributed by atoms with Crippen LogP contribution in [-0.4, -0.2) is 28.0 Å². The molecule has 3 N–H and O–H groups in total. The minimum absolute atomic E-state index is 0.0469. The van der Waals surface area contributed by atoms with Gasteiger partial charge >= 0.3 is 5.97 Å². The highest BCUT2D eigenvalue weighted by molar-refractivity contribution is 5.96. The Balaban J connectivity index is 2.36. The molecule has 21 heavy (non-hydrogen) atoms. The van der Waals surface area contributed by atoms with E-state index in [1.54, 1.807) is 38.1 Å². The molecule has 0 fully saturated rings. The molecule has 0 bridgehead atoms. The maximum absolute atomic E-state index is 12.1. The summed E-state index contributed by atoms with van der Waals surface area (Å²) in [7, 11) is 0. The van der Waals surface area contributed by atoms with Crippen molar-refractivity contribution in [3.8, 4) is 0 Å². The van der Waals surface area contributed by atoms with Gasteiger partial charge in [0.2, 0.25) is 0 Å². The molecular formula is C15H16N2O4. The second kappa shape index (κ2) is 5.78. The van der Waals surface area contributed by atoms with Gasteiger partial charge in [-0.3, -0.25) is 9.59 Å². The van der Waals surface area contributed by atoms with E-state index in [0.29, 0.717) is 10.9 Å². The molecule has 2 aromatic rings. The third-order valence-electron chi connectivity index (χ3n) is 3.20. The third kappa shape index (κ3) is 3.10. The number of para-hydroxylation sites is 1. The minimum Gasteiger partial charge on any atom is -0.480 e. The van der Waals surface area contributed by atoms with E-state index in [4.69, 9.17) is 5.11 Å². The van der Waals surface area contributed by atoms with Crippen LogP contribution in [-0.2, 0) is 4.79 Å². The predicted molar refractivity (Wildman–Crippen MR) is 78.3 cm³/mol. The number of aromatic amines is 1. The molecule has 1 atom stereocenters. The number of amides is 1. The van der Waals surface area contributed by atoms with Crippen molar-refractivity contribution in [2.45, 2.75) is 19.9 Å². The first-order chi connectivity index (χ1) is 9.90. The number of carboxylic acids is 1. The van der Waals surface area contributed by atoms with Crippen molar-refractivity contribution in [1.82, 2.24) is 10.3 Å². The van der Waals surface area contributed by atoms with Gasteiger partial charge in [0.25, 0.3) is 5.91 Å². The molecule has 6 heteroatoms. The first-order valence-electron chi connectivity index (χ1n) is 6.56. The zero-order chi connectivity index (χ0) is 15.6. The SMILES string of the molecule is CC(C)[C@H](NC(=O)c1cc(=O)c2ccccc2[nH]1)C(=O)O. The highest BCUT2D eigenvalue weighted by atomic mass is 16.4. The van der Waals surface area contributed by atoms with Gasteiger partial charge in [0, 0.05) is 17.0 Å². The van der Waals surface area contributed by atoms with Gasteiger partial charge in [-0.25, -0.2) is 4.79 Å². The quantitative estimate of drug-likeness (QED) is 0.791. The van der Waals surface area contributed by atoms with E-state index in [1.165, 1.54) is 6.07 Å². The number of carboxylic acid groups (broad SMARTS) is 1. The van der Waals surface area contributed by atoms with Crippen LogP contribution in [0.25, 0.3) is 10.9 Å². The van der Waals surface area contributed by atoms with E-state index >= 15 is 0 Å². The Labute approximate surface area is 120 Å². The summed E-state index contributed by atoms with van der Waals surface area (Å²) in [6.45, 7) is 3.39. The van der Waals surface area contributed by atoms with Gasteiger partial charge in [0.15, 0.2) is 5.43 Å². The molecule has 1 aromatic carbocycles. The summed E-state index contributed by atoms with van der Waals surface area (Å²) < 4.78 is 0. The van der Waals surface area contributed by atoms with Crippen LogP contribution >= 0.6 is 0 Å². The van der Waals surface area contributed by atoms with Crippen LogP contribution in [0, 0.1) is 5.92 Å². The van der Waals surface area contributed by atoms with Crippen molar-refractivity contribution in [3.63, 3.8) is 0 Å². The van der Waals surface area contributed by atoms with Crippen LogP contribution in [0.2, 0.25) is 0 Å². The highest BCUT2D eigenvalue weighted by Gasteiger charge is 2.24. The summed E-state index contributed by atoms with van der Waals surface area (Å²) in [5.74, 6) is -1.99. The number of benzene rings is 1. The van der Waals surface area contributed by atoms with Crippen LogP contribution < -0.4 is 10.7 Å². The van der Waals surface area contributed by atoms with Crippen LogP contribution in [0.3, 0.4) is 0 Å². The number of hydrogen-bond donors (Lipinski definition) is 3. The van der Waals surface area contributed by atoms with E-state index in [2.05, 4.69) is 10.3 Å². The molecule has 0 unspecified atom stereocenters. The molecule has 0 saturated carbocycles. The fourth-order valence-corrected chi connectivity index (χ4v) is 2.05. The van der Waals surface area contributed by atoms with Gasteiger partial charge in [-0.1, -0.05) is 26.0 Å². The van der Waals surface area contributed by atoms with Crippen LogP contribution in [0.15, 0.2) is 35.1 Å². The van der Waals surface area contributed by atoms with Crippen LogP contribution in [0.1, 0.15) is 24.3 Å². The smallest absolute Gasteiger partial charge is 0.326 e. The Morgan fingerprint density at radius 3 is 2.52 bits per heavy atom. The fourth-order valence-electron chi connectivity index (χ4n) is 2.05. The van der Waals surface area contributed by atoms with Crippen molar-refractivity contribution in [1.29, 1.82) is 0 Å². The van der Waals surface area contributed by atoms with Crippen molar-refractivity contribution in [2.75, 3.05) is 0 Å². The number of pyridine rings is 1. The van der Waals surface area contributed by atoms with Gasteiger partial charge in [0.1, 0.15) is 11.7 Å². The lowest BCUT2D eigenvalue weighted by atomic mass is 10.0. The molecule has 0 saturated heterocycles. The summed E-state index contributed by atoms with van der Waals surface area (Å²) >= 11 is 0. The van der Waals surface area contributed by atoms with Gasteiger partial charge in [0.05, 0.1) is 0 Å². The second-order valence-electron chi connectivity index (χ2n) is 5.13. The van der Waals surface area contributed by atoms with Gasteiger partial charge < -0.3 is 15.4 Å². The Morgan fingerprint density at radius 2 is 1.90 bits per heavy atom. The third-order valence-corrected chi connectivity index (χ3v) is 3.20. The van der Waals surface area contributed by atoms with Crippen LogP contribution in [0.4, 0.5) is 0 Å². The summed E-state index contributed by atoms with van der Waals surface area (Å²) in [5, 5.41) is 12.0. The Bertz CT molecular complexity index is 749. The highest BCUT2D eigenvalue weighted by Crippen LogP contribution is 2.08. The van der Waals surface area contributed by atoms with E-state index in [1.807, 2.05) is 0 Å². The number of nitrogens with one attached hydrogen (secondary N) is 2. The lowest BCUT2D eigenvalue weighted by Crippen LogP contribution is -2.44. The number of aromatic nitrogens is 1. The van der Waals surface area contributed by atoms with E-state index in [-0.39, 0.29) is 17.0 Å². The van der Waals surface area contributed by atoms with E-state index in [9.17, 15) is 14.4 Å². The second-order valence-corrected chi connectivity index (χ2v) is 5.13. The lowest BCUT2D eigenvalue weighted by Gasteiger charge is -2.17. The zero-order valence-corrected chi connectivity index (χ0v) is 11.7. The number of aliphatic carboxylic acids is 1. The first kappa shape index (κ1) is 14.8. The van der Waals surface area contributed by atoms with Gasteiger partial charge in [-0.2, -0.15) is 0 Å². The Kier molecular flexibility index (Phi) is 4.07. The normalized spacial score (nSPS) is 12.3. The van der Waals surface area contributed by atoms with Crippen LogP contribution in [0.5, 0.6) is 0 Å². The molecule has 0 aliphatic heterocycles. The number of H-pyrrole nitrogens is 1. The van der Waals surface area contributed by atoms with Crippen molar-refractivity contribution < 1.29 is 14.7 Å². The molecule has 0 radical (unpaired) electrons. The maximum Gasteiger partial charge on any atom is 0.326 e. The monoisotopic (exact) mass is 288 g/mol. The zero-order valence-electron chi connectivity index (χ0n) is 11.7. The molecular weight excluding hydrogens is 272 g/mol. The Hall–Kier alpha value is -2.63. The number of carbonyl (C=O) groups excluding carboxylic acids is 1. The number of carbonyl (C=O) groups is 2. The standard InChI is InChI=1S/C15H16N2O4/c1-8(2)13(15(20)21)17-14(19)11-7-12(18)9-5-3-4-6-10(9)16-11/h3-8,13H,1-2H3,(H,16,18)(H,17,19)(H,20,21)/t13-/m0/s1. The molecule has 2 rings (SSSR count). The number of fused-ring (bicyclic) bond motifs is 1. The average molecular weight is 288 g/mol. The first-order valence-corrected chi connectivity index (χ1v) is 6.56. The van der Waals surface area contributed by atoms with Gasteiger partial charge in [-0.15, -0.1) is 0 Å². The molecule has 1 heterocycles. The van der Waals surface area contributed by atoms with Crippen molar-refractivity contribution in [2.24, 2.45) is 5.92 Å².